The van der Waals surface area contributed by atoms with E-state index in [1.54, 1.807) is 14.2 Å². The molecular weight excluding hydrogens is 316 g/mol. The molecule has 0 bridgehead atoms. The van der Waals surface area contributed by atoms with Crippen LogP contribution >= 0.6 is 0 Å². The lowest BCUT2D eigenvalue weighted by molar-refractivity contribution is -0.121. The fraction of sp³-hybridized carbons (Fsp3) is 0.650. The molecule has 1 saturated heterocycles. The normalized spacial score (nSPS) is 15.7. The van der Waals surface area contributed by atoms with Crippen molar-refractivity contribution in [2.75, 3.05) is 33.9 Å². The van der Waals surface area contributed by atoms with Crippen LogP contribution in [-0.2, 0) is 10.2 Å². The van der Waals surface area contributed by atoms with Gasteiger partial charge in [0.05, 0.1) is 14.2 Å². The topological polar surface area (TPSA) is 59.6 Å². The van der Waals surface area contributed by atoms with Crippen molar-refractivity contribution in [3.05, 3.63) is 23.8 Å². The number of rotatable bonds is 8. The van der Waals surface area contributed by atoms with Crippen LogP contribution in [0.4, 0.5) is 0 Å². The summed E-state index contributed by atoms with van der Waals surface area (Å²) < 4.78 is 10.7. The van der Waals surface area contributed by atoms with Crippen LogP contribution in [0.25, 0.3) is 0 Å². The van der Waals surface area contributed by atoms with Crippen LogP contribution in [0.5, 0.6) is 11.5 Å². The largest absolute Gasteiger partial charge is 0.493 e. The van der Waals surface area contributed by atoms with Gasteiger partial charge in [-0.3, -0.25) is 4.79 Å². The Balaban J connectivity index is 1.86. The minimum atomic E-state index is -0.177. The lowest BCUT2D eigenvalue weighted by atomic mass is 9.84. The number of benzene rings is 1. The molecule has 1 fully saturated rings. The van der Waals surface area contributed by atoms with Crippen LogP contribution in [-0.4, -0.2) is 39.8 Å². The molecular formula is C20H32N2O3. The van der Waals surface area contributed by atoms with E-state index in [0.29, 0.717) is 30.4 Å². The molecule has 5 heteroatoms. The van der Waals surface area contributed by atoms with Gasteiger partial charge in [-0.1, -0.05) is 19.9 Å². The van der Waals surface area contributed by atoms with Crippen LogP contribution in [0, 0.1) is 5.92 Å². The second kappa shape index (κ2) is 9.09. The van der Waals surface area contributed by atoms with Crippen molar-refractivity contribution in [2.24, 2.45) is 5.92 Å². The van der Waals surface area contributed by atoms with Crippen molar-refractivity contribution in [2.45, 2.75) is 44.9 Å². The van der Waals surface area contributed by atoms with E-state index in [2.05, 4.69) is 24.5 Å². The number of hydrogen-bond donors (Lipinski definition) is 2. The highest BCUT2D eigenvalue weighted by Crippen LogP contribution is 2.32. The minimum Gasteiger partial charge on any atom is -0.493 e. The van der Waals surface area contributed by atoms with Crippen molar-refractivity contribution in [3.63, 3.8) is 0 Å². The molecule has 0 aliphatic carbocycles. The van der Waals surface area contributed by atoms with Crippen LogP contribution < -0.4 is 20.1 Å². The smallest absolute Gasteiger partial charge is 0.220 e. The Morgan fingerprint density at radius 1 is 1.20 bits per heavy atom. The first-order valence-electron chi connectivity index (χ1n) is 9.16. The van der Waals surface area contributed by atoms with E-state index in [4.69, 9.17) is 9.47 Å². The molecule has 0 atom stereocenters. The lowest BCUT2D eigenvalue weighted by Gasteiger charge is -2.27. The molecule has 0 radical (unpaired) electrons. The Morgan fingerprint density at radius 3 is 2.52 bits per heavy atom. The van der Waals surface area contributed by atoms with Gasteiger partial charge in [0, 0.05) is 18.4 Å². The molecule has 1 aromatic carbocycles. The van der Waals surface area contributed by atoms with Crippen molar-refractivity contribution in [1.29, 1.82) is 0 Å². The van der Waals surface area contributed by atoms with Crippen LogP contribution in [0.2, 0.25) is 0 Å². The maximum atomic E-state index is 12.2. The van der Waals surface area contributed by atoms with E-state index in [9.17, 15) is 4.79 Å². The van der Waals surface area contributed by atoms with Gasteiger partial charge in [0.15, 0.2) is 11.5 Å². The van der Waals surface area contributed by atoms with Gasteiger partial charge < -0.3 is 20.1 Å². The zero-order valence-corrected chi connectivity index (χ0v) is 16.0. The van der Waals surface area contributed by atoms with E-state index >= 15 is 0 Å². The van der Waals surface area contributed by atoms with Crippen LogP contribution in [0.1, 0.15) is 45.1 Å². The summed E-state index contributed by atoms with van der Waals surface area (Å²) in [5.74, 6) is 2.26. The number of amides is 1. The van der Waals surface area contributed by atoms with Gasteiger partial charge >= 0.3 is 0 Å². The molecule has 0 saturated carbocycles. The Bertz CT molecular complexity index is 566. The first kappa shape index (κ1) is 19.6. The summed E-state index contributed by atoms with van der Waals surface area (Å²) in [4.78, 5) is 12.2. The summed E-state index contributed by atoms with van der Waals surface area (Å²) in [6, 6.07) is 5.93. The molecule has 0 aromatic heterocycles. The third-order valence-corrected chi connectivity index (χ3v) is 5.13. The first-order valence-corrected chi connectivity index (χ1v) is 9.16. The maximum absolute atomic E-state index is 12.2. The number of methoxy groups -OCH3 is 2. The molecule has 1 aliphatic rings. The molecule has 2 N–H and O–H groups in total. The quantitative estimate of drug-likeness (QED) is 0.758. The van der Waals surface area contributed by atoms with Crippen LogP contribution in [0.15, 0.2) is 18.2 Å². The number of nitrogens with one attached hydrogen (secondary N) is 2. The highest BCUT2D eigenvalue weighted by Gasteiger charge is 2.23. The molecule has 5 nitrogen and oxygen atoms in total. The Kier molecular flexibility index (Phi) is 7.12. The molecule has 140 valence electrons. The van der Waals surface area contributed by atoms with E-state index < -0.39 is 0 Å². The number of carbonyl (C=O) groups excluding carboxylic acids is 1. The lowest BCUT2D eigenvalue weighted by Crippen LogP contribution is -2.37. The van der Waals surface area contributed by atoms with E-state index in [1.807, 2.05) is 18.2 Å². The van der Waals surface area contributed by atoms with Crippen molar-refractivity contribution >= 4 is 5.91 Å². The Labute approximate surface area is 151 Å². The fourth-order valence-electron chi connectivity index (χ4n) is 3.27. The first-order chi connectivity index (χ1) is 12.0. The maximum Gasteiger partial charge on any atom is 0.220 e. The van der Waals surface area contributed by atoms with Gasteiger partial charge in [-0.2, -0.15) is 0 Å². The standard InChI is InChI=1S/C20H32N2O3/c1-20(2,16-6-7-17(24-3)18(13-16)25-4)14-22-19(23)8-5-15-9-11-21-12-10-15/h6-7,13,15,21H,5,8-12,14H2,1-4H3,(H,22,23). The highest BCUT2D eigenvalue weighted by molar-refractivity contribution is 5.76. The summed E-state index contributed by atoms with van der Waals surface area (Å²) in [5, 5.41) is 6.46. The number of hydrogen-bond acceptors (Lipinski definition) is 4. The Hall–Kier alpha value is -1.75. The molecule has 1 heterocycles. The van der Waals surface area contributed by atoms with E-state index in [1.165, 1.54) is 12.8 Å². The van der Waals surface area contributed by atoms with Crippen molar-refractivity contribution < 1.29 is 14.3 Å². The second-order valence-corrected chi connectivity index (χ2v) is 7.46. The summed E-state index contributed by atoms with van der Waals surface area (Å²) in [6.07, 6.45) is 3.98. The summed E-state index contributed by atoms with van der Waals surface area (Å²) in [7, 11) is 3.27. The number of ether oxygens (including phenoxy) is 2. The zero-order chi connectivity index (χ0) is 18.3. The number of piperidine rings is 1. The average Bonchev–Trinajstić information content (AvgIpc) is 2.65. The van der Waals surface area contributed by atoms with Crippen molar-refractivity contribution in [3.8, 4) is 11.5 Å². The fourth-order valence-corrected chi connectivity index (χ4v) is 3.27. The predicted octanol–water partition coefficient (Wildman–Crippen LogP) is 2.88. The average molecular weight is 348 g/mol. The van der Waals surface area contributed by atoms with Gasteiger partial charge in [-0.15, -0.1) is 0 Å². The molecule has 1 aromatic rings. The monoisotopic (exact) mass is 348 g/mol. The highest BCUT2D eigenvalue weighted by atomic mass is 16.5. The summed E-state index contributed by atoms with van der Waals surface area (Å²) in [5.41, 5.74) is 0.938. The third-order valence-electron chi connectivity index (χ3n) is 5.13. The van der Waals surface area contributed by atoms with Gasteiger partial charge in [-0.25, -0.2) is 0 Å². The second-order valence-electron chi connectivity index (χ2n) is 7.46. The van der Waals surface area contributed by atoms with Gasteiger partial charge in [0.1, 0.15) is 0 Å². The molecule has 2 rings (SSSR count). The van der Waals surface area contributed by atoms with E-state index in [0.717, 1.165) is 25.1 Å². The minimum absolute atomic E-state index is 0.145. The van der Waals surface area contributed by atoms with Crippen LogP contribution in [0.3, 0.4) is 0 Å². The zero-order valence-electron chi connectivity index (χ0n) is 16.0. The molecule has 25 heavy (non-hydrogen) atoms. The van der Waals surface area contributed by atoms with E-state index in [-0.39, 0.29) is 11.3 Å². The molecule has 1 amide bonds. The Morgan fingerprint density at radius 2 is 1.88 bits per heavy atom. The molecule has 0 unspecified atom stereocenters. The van der Waals surface area contributed by atoms with Gasteiger partial charge in [0.25, 0.3) is 0 Å². The SMILES string of the molecule is COc1ccc(C(C)(C)CNC(=O)CCC2CCNCC2)cc1OC. The number of carbonyl (C=O) groups is 1. The third kappa shape index (κ3) is 5.63. The molecule has 1 aliphatic heterocycles. The molecule has 0 spiro atoms. The predicted molar refractivity (Wildman–Crippen MR) is 100 cm³/mol. The van der Waals surface area contributed by atoms with Gasteiger partial charge in [-0.05, 0) is 56.0 Å². The van der Waals surface area contributed by atoms with Gasteiger partial charge in [0.2, 0.25) is 5.91 Å². The van der Waals surface area contributed by atoms with Crippen molar-refractivity contribution in [1.82, 2.24) is 10.6 Å². The summed E-state index contributed by atoms with van der Waals surface area (Å²) >= 11 is 0. The summed E-state index contributed by atoms with van der Waals surface area (Å²) in [6.45, 7) is 7.02.